The van der Waals surface area contributed by atoms with Gasteiger partial charge in [-0.15, -0.1) is 0 Å². The van der Waals surface area contributed by atoms with Crippen molar-refractivity contribution in [3.63, 3.8) is 0 Å². The highest BCUT2D eigenvalue weighted by Crippen LogP contribution is 2.32. The quantitative estimate of drug-likeness (QED) is 0.850. The maximum Gasteiger partial charge on any atom is 0.313 e. The Morgan fingerprint density at radius 2 is 1.96 bits per heavy atom. The molecule has 1 aromatic heterocycles. The number of aromatic nitrogens is 2. The first kappa shape index (κ1) is 20.0. The van der Waals surface area contributed by atoms with Crippen LogP contribution in [0.4, 0.5) is 4.39 Å². The Labute approximate surface area is 162 Å². The van der Waals surface area contributed by atoms with Crippen molar-refractivity contribution in [2.45, 2.75) is 26.7 Å². The second-order valence-corrected chi connectivity index (χ2v) is 7.28. The Kier molecular flexibility index (Phi) is 5.51. The third-order valence-corrected chi connectivity index (χ3v) is 5.31. The monoisotopic (exact) mass is 389 g/mol. The van der Waals surface area contributed by atoms with Crippen molar-refractivity contribution < 1.29 is 23.8 Å². The van der Waals surface area contributed by atoms with Gasteiger partial charge in [-0.25, -0.2) is 9.07 Å². The number of hydrogen-bond acceptors (Lipinski definition) is 4. The normalized spacial score (nSPS) is 19.6. The van der Waals surface area contributed by atoms with Gasteiger partial charge >= 0.3 is 5.97 Å². The van der Waals surface area contributed by atoms with Crippen molar-refractivity contribution in [2.24, 2.45) is 5.41 Å². The maximum absolute atomic E-state index is 13.2. The number of benzene rings is 1. The first-order chi connectivity index (χ1) is 13.3. The third kappa shape index (κ3) is 3.52. The first-order valence-electron chi connectivity index (χ1n) is 9.13. The lowest BCUT2D eigenvalue weighted by Crippen LogP contribution is -2.52. The fourth-order valence-electron chi connectivity index (χ4n) is 3.88. The number of ether oxygens (including phenoxy) is 1. The van der Waals surface area contributed by atoms with E-state index in [0.717, 1.165) is 0 Å². The van der Waals surface area contributed by atoms with Crippen LogP contribution in [0.1, 0.15) is 34.6 Å². The largest absolute Gasteiger partial charge is 0.481 e. The van der Waals surface area contributed by atoms with Gasteiger partial charge in [0, 0.05) is 20.2 Å². The second-order valence-electron chi connectivity index (χ2n) is 7.28. The SMILES string of the molecule is COCC1(C(=O)O)CCCN(C(=O)c2c(C)nn(-c3ccc(F)cc3)c2C)C1. The van der Waals surface area contributed by atoms with Crippen LogP contribution in [0.3, 0.4) is 0 Å². The molecular weight excluding hydrogens is 365 g/mol. The number of aryl methyl sites for hydroxylation is 1. The van der Waals surface area contributed by atoms with Crippen LogP contribution in [-0.4, -0.2) is 58.5 Å². The number of carbonyl (C=O) groups is 2. The number of carboxylic acids is 1. The summed E-state index contributed by atoms with van der Waals surface area (Å²) in [5.74, 6) is -1.55. The predicted octanol–water partition coefficient (Wildman–Crippen LogP) is 2.58. The molecule has 0 saturated carbocycles. The number of nitrogens with zero attached hydrogens (tertiary/aromatic N) is 3. The molecule has 1 amide bonds. The molecule has 3 rings (SSSR count). The van der Waals surface area contributed by atoms with E-state index in [4.69, 9.17) is 4.74 Å². The number of methoxy groups -OCH3 is 1. The average Bonchev–Trinajstić information content (AvgIpc) is 2.96. The average molecular weight is 389 g/mol. The molecule has 1 aliphatic rings. The molecule has 1 N–H and O–H groups in total. The third-order valence-electron chi connectivity index (χ3n) is 5.31. The van der Waals surface area contributed by atoms with Gasteiger partial charge < -0.3 is 14.7 Å². The van der Waals surface area contributed by atoms with Gasteiger partial charge in [0.15, 0.2) is 0 Å². The van der Waals surface area contributed by atoms with Gasteiger partial charge in [-0.2, -0.15) is 5.10 Å². The lowest BCUT2D eigenvalue weighted by molar-refractivity contribution is -0.155. The summed E-state index contributed by atoms with van der Waals surface area (Å²) in [6, 6.07) is 5.86. The Balaban J connectivity index is 1.92. The van der Waals surface area contributed by atoms with Gasteiger partial charge in [-0.1, -0.05) is 0 Å². The van der Waals surface area contributed by atoms with E-state index in [-0.39, 0.29) is 24.9 Å². The van der Waals surface area contributed by atoms with Crippen LogP contribution in [0.2, 0.25) is 0 Å². The number of piperidine rings is 1. The fraction of sp³-hybridized carbons (Fsp3) is 0.450. The molecule has 1 aromatic carbocycles. The summed E-state index contributed by atoms with van der Waals surface area (Å²) in [5.41, 5.74) is 1.18. The molecule has 1 saturated heterocycles. The molecule has 1 fully saturated rings. The Morgan fingerprint density at radius 3 is 2.57 bits per heavy atom. The van der Waals surface area contributed by atoms with Crippen molar-refractivity contribution in [3.05, 3.63) is 47.0 Å². The van der Waals surface area contributed by atoms with Gasteiger partial charge in [0.1, 0.15) is 11.2 Å². The minimum atomic E-state index is -1.10. The number of hydrogen-bond donors (Lipinski definition) is 1. The lowest BCUT2D eigenvalue weighted by atomic mass is 9.80. The van der Waals surface area contributed by atoms with Crippen LogP contribution in [-0.2, 0) is 9.53 Å². The van der Waals surface area contributed by atoms with E-state index in [0.29, 0.717) is 42.0 Å². The van der Waals surface area contributed by atoms with Gasteiger partial charge in [0.2, 0.25) is 0 Å². The Hall–Kier alpha value is -2.74. The summed E-state index contributed by atoms with van der Waals surface area (Å²) >= 11 is 0. The summed E-state index contributed by atoms with van der Waals surface area (Å²) in [7, 11) is 1.46. The highest BCUT2D eigenvalue weighted by atomic mass is 19.1. The number of carboxylic acid groups (broad SMARTS) is 1. The van der Waals surface area contributed by atoms with Crippen molar-refractivity contribution in [1.29, 1.82) is 0 Å². The Morgan fingerprint density at radius 1 is 1.29 bits per heavy atom. The topological polar surface area (TPSA) is 84.7 Å². The number of likely N-dealkylation sites (tertiary alicyclic amines) is 1. The van der Waals surface area contributed by atoms with Crippen molar-refractivity contribution in [1.82, 2.24) is 14.7 Å². The second kappa shape index (κ2) is 7.71. The number of carbonyl (C=O) groups excluding carboxylic acids is 1. The van der Waals surface area contributed by atoms with E-state index in [2.05, 4.69) is 5.10 Å². The molecule has 0 spiro atoms. The van der Waals surface area contributed by atoms with E-state index < -0.39 is 11.4 Å². The molecule has 7 nitrogen and oxygen atoms in total. The molecule has 1 aliphatic heterocycles. The van der Waals surface area contributed by atoms with E-state index in [1.165, 1.54) is 19.2 Å². The minimum Gasteiger partial charge on any atom is -0.481 e. The lowest BCUT2D eigenvalue weighted by Gasteiger charge is -2.39. The summed E-state index contributed by atoms with van der Waals surface area (Å²) in [6.07, 6.45) is 1.05. The summed E-state index contributed by atoms with van der Waals surface area (Å²) in [5, 5.41) is 14.1. The number of halogens is 1. The van der Waals surface area contributed by atoms with Crippen LogP contribution in [0, 0.1) is 25.1 Å². The maximum atomic E-state index is 13.2. The highest BCUT2D eigenvalue weighted by Gasteiger charge is 2.44. The molecule has 1 atom stereocenters. The van der Waals surface area contributed by atoms with Gasteiger partial charge in [0.25, 0.3) is 5.91 Å². The van der Waals surface area contributed by atoms with E-state index in [9.17, 15) is 19.1 Å². The van der Waals surface area contributed by atoms with Crippen LogP contribution in [0.5, 0.6) is 0 Å². The van der Waals surface area contributed by atoms with E-state index in [1.807, 2.05) is 0 Å². The van der Waals surface area contributed by atoms with Crippen molar-refractivity contribution in [2.75, 3.05) is 26.8 Å². The first-order valence-corrected chi connectivity index (χ1v) is 9.13. The summed E-state index contributed by atoms with van der Waals surface area (Å²) < 4.78 is 19.9. The zero-order valence-corrected chi connectivity index (χ0v) is 16.2. The molecule has 2 heterocycles. The molecular formula is C20H24FN3O4. The van der Waals surface area contributed by atoms with E-state index >= 15 is 0 Å². The molecule has 0 bridgehead atoms. The van der Waals surface area contributed by atoms with Crippen molar-refractivity contribution in [3.8, 4) is 5.69 Å². The summed E-state index contributed by atoms with van der Waals surface area (Å²) in [4.78, 5) is 26.7. The number of aliphatic carboxylic acids is 1. The van der Waals surface area contributed by atoms with Crippen molar-refractivity contribution >= 4 is 11.9 Å². The van der Waals surface area contributed by atoms with Crippen LogP contribution < -0.4 is 0 Å². The zero-order chi connectivity index (χ0) is 20.5. The molecule has 0 radical (unpaired) electrons. The van der Waals surface area contributed by atoms with Gasteiger partial charge in [-0.3, -0.25) is 9.59 Å². The standard InChI is InChI=1S/C20H24FN3O4/c1-13-17(14(2)24(22-13)16-7-5-15(21)6-8-16)18(25)23-10-4-9-20(11-23,12-28-3)19(26)27/h5-8H,4,9-12H2,1-3H3,(H,26,27). The van der Waals surface area contributed by atoms with Crippen LogP contribution >= 0.6 is 0 Å². The Bertz CT molecular complexity index is 890. The van der Waals surface area contributed by atoms with E-state index in [1.54, 1.807) is 35.6 Å². The molecule has 0 aliphatic carbocycles. The molecule has 150 valence electrons. The smallest absolute Gasteiger partial charge is 0.313 e. The molecule has 1 unspecified atom stereocenters. The van der Waals surface area contributed by atoms with Crippen LogP contribution in [0.15, 0.2) is 24.3 Å². The fourth-order valence-corrected chi connectivity index (χ4v) is 3.88. The molecule has 28 heavy (non-hydrogen) atoms. The minimum absolute atomic E-state index is 0.0545. The molecule has 2 aromatic rings. The molecule has 8 heteroatoms. The highest BCUT2D eigenvalue weighted by molar-refractivity contribution is 5.97. The number of rotatable bonds is 5. The van der Waals surface area contributed by atoms with Crippen LogP contribution in [0.25, 0.3) is 5.69 Å². The number of amides is 1. The summed E-state index contributed by atoms with van der Waals surface area (Å²) in [6.45, 7) is 4.15. The van der Waals surface area contributed by atoms with Gasteiger partial charge in [-0.05, 0) is 51.0 Å². The predicted molar refractivity (Wildman–Crippen MR) is 100 cm³/mol. The zero-order valence-electron chi connectivity index (χ0n) is 16.2. The van der Waals surface area contributed by atoms with Gasteiger partial charge in [0.05, 0.1) is 29.2 Å².